The molecule has 11 heteroatoms. The minimum Gasteiger partial charge on any atom is -0.334 e. The summed E-state index contributed by atoms with van der Waals surface area (Å²) >= 11 is 0. The maximum atomic E-state index is 12.7. The van der Waals surface area contributed by atoms with Gasteiger partial charge in [-0.1, -0.05) is 17.6 Å². The third-order valence-electron chi connectivity index (χ3n) is 5.12. The number of rotatable bonds is 6. The van der Waals surface area contributed by atoms with Crippen LogP contribution >= 0.6 is 0 Å². The smallest absolute Gasteiger partial charge is 0.262 e. The first kappa shape index (κ1) is 21.2. The summed E-state index contributed by atoms with van der Waals surface area (Å²) in [7, 11) is -3.59. The van der Waals surface area contributed by atoms with Crippen LogP contribution in [0.5, 0.6) is 0 Å². The fraction of sp³-hybridized carbons (Fsp3) is 0.400. The molecule has 0 atom stereocenters. The Balaban J connectivity index is 1.49. The molecule has 1 aliphatic rings. The average Bonchev–Trinajstić information content (AvgIpc) is 3.41. The molecule has 1 fully saturated rings. The first-order valence-electron chi connectivity index (χ1n) is 10.1. The Kier molecular flexibility index (Phi) is 5.88. The lowest BCUT2D eigenvalue weighted by atomic mass is 10.1. The predicted molar refractivity (Wildman–Crippen MR) is 113 cm³/mol. The van der Waals surface area contributed by atoms with Crippen LogP contribution in [-0.4, -0.2) is 51.4 Å². The normalized spacial score (nSPS) is 15.2. The van der Waals surface area contributed by atoms with Crippen LogP contribution in [0, 0.1) is 6.92 Å². The molecular weight excluding hydrogens is 420 g/mol. The summed E-state index contributed by atoms with van der Waals surface area (Å²) in [6.45, 7) is 4.61. The van der Waals surface area contributed by atoms with Crippen molar-refractivity contribution in [3.8, 4) is 11.5 Å². The third-order valence-corrected chi connectivity index (χ3v) is 6.90. The highest BCUT2D eigenvalue weighted by atomic mass is 32.2. The zero-order chi connectivity index (χ0) is 22.0. The molecule has 1 amide bonds. The number of benzene rings is 1. The molecular formula is C20H24N6O4S. The van der Waals surface area contributed by atoms with Crippen LogP contribution in [0.1, 0.15) is 37.6 Å². The molecule has 164 valence electrons. The Bertz CT molecular complexity index is 1190. The van der Waals surface area contributed by atoms with E-state index in [0.29, 0.717) is 36.1 Å². The standard InChI is InChI=1S/C20H24N6O4S/c1-14-6-7-16(10-17(14)22-15(2)27)20-23-18(24-30-20)11-25-12-19(21-13-25)31(28,29)26-8-4-3-5-9-26/h6-7,10,12-13H,3-5,8-9,11H2,1-2H3,(H,22,27). The van der Waals surface area contributed by atoms with Gasteiger partial charge in [-0.25, -0.2) is 13.4 Å². The molecule has 0 radical (unpaired) electrons. The number of carbonyl (C=O) groups excluding carboxylic acids is 1. The maximum Gasteiger partial charge on any atom is 0.262 e. The van der Waals surface area contributed by atoms with Crippen molar-refractivity contribution in [2.45, 2.75) is 44.7 Å². The van der Waals surface area contributed by atoms with Gasteiger partial charge in [0.25, 0.3) is 15.9 Å². The van der Waals surface area contributed by atoms with E-state index in [2.05, 4.69) is 20.4 Å². The number of carbonyl (C=O) groups is 1. The van der Waals surface area contributed by atoms with Crippen molar-refractivity contribution in [3.63, 3.8) is 0 Å². The van der Waals surface area contributed by atoms with Gasteiger partial charge in [-0.3, -0.25) is 4.79 Å². The SMILES string of the molecule is CC(=O)Nc1cc(-c2nc(Cn3cnc(S(=O)(=O)N4CCCCC4)c3)no2)ccc1C. The van der Waals surface area contributed by atoms with Crippen molar-refractivity contribution in [3.05, 3.63) is 42.1 Å². The van der Waals surface area contributed by atoms with Gasteiger partial charge in [0.05, 0.1) is 12.9 Å². The van der Waals surface area contributed by atoms with Crippen LogP contribution in [0.4, 0.5) is 5.69 Å². The van der Waals surface area contributed by atoms with E-state index in [4.69, 9.17) is 4.52 Å². The van der Waals surface area contributed by atoms with Crippen LogP contribution in [0.3, 0.4) is 0 Å². The van der Waals surface area contributed by atoms with Crippen molar-refractivity contribution >= 4 is 21.6 Å². The van der Waals surface area contributed by atoms with E-state index >= 15 is 0 Å². The summed E-state index contributed by atoms with van der Waals surface area (Å²) in [6, 6.07) is 5.46. The number of amides is 1. The molecule has 10 nitrogen and oxygen atoms in total. The van der Waals surface area contributed by atoms with Crippen molar-refractivity contribution < 1.29 is 17.7 Å². The van der Waals surface area contributed by atoms with Gasteiger partial charge in [-0.2, -0.15) is 9.29 Å². The molecule has 1 N–H and O–H groups in total. The van der Waals surface area contributed by atoms with Gasteiger partial charge < -0.3 is 14.4 Å². The summed E-state index contributed by atoms with van der Waals surface area (Å²) in [5.74, 6) is 0.528. The van der Waals surface area contributed by atoms with E-state index in [9.17, 15) is 13.2 Å². The number of hydrogen-bond donors (Lipinski definition) is 1. The van der Waals surface area contributed by atoms with E-state index in [-0.39, 0.29) is 17.5 Å². The quantitative estimate of drug-likeness (QED) is 0.619. The van der Waals surface area contributed by atoms with Gasteiger partial charge in [-0.05, 0) is 37.5 Å². The van der Waals surface area contributed by atoms with Crippen molar-refractivity contribution in [2.75, 3.05) is 18.4 Å². The molecule has 3 heterocycles. The number of anilines is 1. The number of nitrogens with zero attached hydrogens (tertiary/aromatic N) is 5. The number of hydrogen-bond acceptors (Lipinski definition) is 7. The molecule has 0 spiro atoms. The number of imidazole rings is 1. The van der Waals surface area contributed by atoms with Crippen molar-refractivity contribution in [1.82, 2.24) is 24.0 Å². The molecule has 4 rings (SSSR count). The van der Waals surface area contributed by atoms with Crippen LogP contribution in [0.15, 0.2) is 40.3 Å². The first-order valence-corrected chi connectivity index (χ1v) is 11.5. The second-order valence-electron chi connectivity index (χ2n) is 7.58. The molecule has 0 saturated carbocycles. The summed E-state index contributed by atoms with van der Waals surface area (Å²) in [5, 5.41) is 6.78. The van der Waals surface area contributed by atoms with E-state index < -0.39 is 10.0 Å². The Morgan fingerprint density at radius 3 is 2.74 bits per heavy atom. The Morgan fingerprint density at radius 2 is 2.00 bits per heavy atom. The lowest BCUT2D eigenvalue weighted by Gasteiger charge is -2.24. The molecule has 2 aromatic heterocycles. The average molecular weight is 445 g/mol. The second-order valence-corrected chi connectivity index (χ2v) is 9.46. The number of piperidine rings is 1. The van der Waals surface area contributed by atoms with E-state index in [1.54, 1.807) is 10.6 Å². The minimum atomic E-state index is -3.59. The van der Waals surface area contributed by atoms with Gasteiger partial charge in [-0.15, -0.1) is 0 Å². The highest BCUT2D eigenvalue weighted by molar-refractivity contribution is 7.89. The fourth-order valence-electron chi connectivity index (χ4n) is 3.47. The van der Waals surface area contributed by atoms with Crippen LogP contribution in [0.25, 0.3) is 11.5 Å². The first-order chi connectivity index (χ1) is 14.8. The molecule has 3 aromatic rings. The van der Waals surface area contributed by atoms with Crippen LogP contribution in [0.2, 0.25) is 0 Å². The van der Waals surface area contributed by atoms with Crippen LogP contribution in [-0.2, 0) is 21.4 Å². The summed E-state index contributed by atoms with van der Waals surface area (Å²) in [4.78, 5) is 19.8. The molecule has 0 bridgehead atoms. The molecule has 1 saturated heterocycles. The predicted octanol–water partition coefficient (Wildman–Crippen LogP) is 2.42. The van der Waals surface area contributed by atoms with Gasteiger partial charge >= 0.3 is 0 Å². The third kappa shape index (κ3) is 4.67. The van der Waals surface area contributed by atoms with E-state index in [0.717, 1.165) is 24.8 Å². The highest BCUT2D eigenvalue weighted by Crippen LogP contribution is 2.25. The zero-order valence-electron chi connectivity index (χ0n) is 17.4. The fourth-order valence-corrected chi connectivity index (χ4v) is 4.93. The number of aryl methyl sites for hydroxylation is 1. The highest BCUT2D eigenvalue weighted by Gasteiger charge is 2.28. The van der Waals surface area contributed by atoms with E-state index in [1.165, 1.54) is 23.8 Å². The topological polar surface area (TPSA) is 123 Å². The van der Waals surface area contributed by atoms with E-state index in [1.807, 2.05) is 19.1 Å². The summed E-state index contributed by atoms with van der Waals surface area (Å²) in [6.07, 6.45) is 5.73. The molecule has 1 aliphatic heterocycles. The monoisotopic (exact) mass is 444 g/mol. The lowest BCUT2D eigenvalue weighted by molar-refractivity contribution is -0.114. The van der Waals surface area contributed by atoms with Gasteiger partial charge in [0, 0.05) is 37.5 Å². The molecule has 1 aromatic carbocycles. The lowest BCUT2D eigenvalue weighted by Crippen LogP contribution is -2.35. The largest absolute Gasteiger partial charge is 0.334 e. The summed E-state index contributed by atoms with van der Waals surface area (Å²) in [5.41, 5.74) is 2.26. The number of nitrogens with one attached hydrogen (secondary N) is 1. The maximum absolute atomic E-state index is 12.7. The molecule has 0 unspecified atom stereocenters. The van der Waals surface area contributed by atoms with Gasteiger partial charge in [0.1, 0.15) is 0 Å². The molecule has 0 aliphatic carbocycles. The number of aromatic nitrogens is 4. The van der Waals surface area contributed by atoms with Gasteiger partial charge in [0.15, 0.2) is 10.9 Å². The van der Waals surface area contributed by atoms with Crippen molar-refractivity contribution in [1.29, 1.82) is 0 Å². The van der Waals surface area contributed by atoms with Gasteiger partial charge in [0.2, 0.25) is 5.91 Å². The van der Waals surface area contributed by atoms with Crippen molar-refractivity contribution in [2.24, 2.45) is 0 Å². The second kappa shape index (κ2) is 8.60. The number of sulfonamides is 1. The van der Waals surface area contributed by atoms with Crippen LogP contribution < -0.4 is 5.32 Å². The Labute approximate surface area is 180 Å². The Morgan fingerprint density at radius 1 is 1.23 bits per heavy atom. The molecule has 31 heavy (non-hydrogen) atoms. The Hall–Kier alpha value is -3.05. The summed E-state index contributed by atoms with van der Waals surface area (Å²) < 4.78 is 34.0. The minimum absolute atomic E-state index is 0.0246. The zero-order valence-corrected chi connectivity index (χ0v) is 18.2.